The fourth-order valence-corrected chi connectivity index (χ4v) is 1.15. The van der Waals surface area contributed by atoms with Crippen molar-refractivity contribution < 1.29 is 4.74 Å². The molecule has 0 aliphatic heterocycles. The van der Waals surface area contributed by atoms with E-state index in [1.807, 2.05) is 41.2 Å². The van der Waals surface area contributed by atoms with E-state index < -0.39 is 0 Å². The third kappa shape index (κ3) is 1.54. The summed E-state index contributed by atoms with van der Waals surface area (Å²) in [6.45, 7) is 0. The number of rotatable bonds is 2. The molecule has 66 valence electrons. The molecule has 0 atom stereocenters. The van der Waals surface area contributed by atoms with Gasteiger partial charge >= 0.3 is 0 Å². The van der Waals surface area contributed by atoms with Gasteiger partial charge in [0.2, 0.25) is 0 Å². The highest BCUT2D eigenvalue weighted by molar-refractivity contribution is 5.28. The average Bonchev–Trinajstić information content (AvgIpc) is 2.67. The van der Waals surface area contributed by atoms with Crippen LogP contribution in [0.4, 0.5) is 0 Å². The average molecular weight is 174 g/mol. The standard InChI is InChI=1S/C10H10N2O/c1-13-9-5-7-12(8-9)10-4-2-3-6-11-10/h2-8H,1H3. The van der Waals surface area contributed by atoms with Crippen molar-refractivity contribution in [2.75, 3.05) is 7.11 Å². The van der Waals surface area contributed by atoms with Crippen LogP contribution >= 0.6 is 0 Å². The maximum atomic E-state index is 5.07. The van der Waals surface area contributed by atoms with Gasteiger partial charge in [0, 0.05) is 12.4 Å². The van der Waals surface area contributed by atoms with Gasteiger partial charge < -0.3 is 9.30 Å². The van der Waals surface area contributed by atoms with Gasteiger partial charge in [-0.15, -0.1) is 0 Å². The molecule has 0 saturated carbocycles. The molecule has 3 nitrogen and oxygen atoms in total. The molecule has 2 heterocycles. The van der Waals surface area contributed by atoms with E-state index in [-0.39, 0.29) is 0 Å². The monoisotopic (exact) mass is 174 g/mol. The Hall–Kier alpha value is -1.77. The third-order valence-electron chi connectivity index (χ3n) is 1.82. The molecule has 0 aliphatic carbocycles. The number of aromatic nitrogens is 2. The zero-order chi connectivity index (χ0) is 9.10. The Balaban J connectivity index is 2.36. The smallest absolute Gasteiger partial charge is 0.136 e. The maximum absolute atomic E-state index is 5.07. The van der Waals surface area contributed by atoms with E-state index in [0.717, 1.165) is 11.6 Å². The molecular weight excluding hydrogens is 164 g/mol. The Bertz CT molecular complexity index is 381. The Morgan fingerprint density at radius 3 is 2.85 bits per heavy atom. The second kappa shape index (κ2) is 3.31. The third-order valence-corrected chi connectivity index (χ3v) is 1.82. The van der Waals surface area contributed by atoms with Crippen LogP contribution in [0.1, 0.15) is 0 Å². The van der Waals surface area contributed by atoms with E-state index >= 15 is 0 Å². The minimum atomic E-state index is 0.839. The molecule has 0 saturated heterocycles. The molecule has 0 aromatic carbocycles. The number of hydrogen-bond donors (Lipinski definition) is 0. The summed E-state index contributed by atoms with van der Waals surface area (Å²) in [6.07, 6.45) is 5.57. The van der Waals surface area contributed by atoms with Crippen molar-refractivity contribution in [1.82, 2.24) is 9.55 Å². The van der Waals surface area contributed by atoms with Gasteiger partial charge in [0.25, 0.3) is 0 Å². The summed E-state index contributed by atoms with van der Waals surface area (Å²) in [6, 6.07) is 7.69. The normalized spacial score (nSPS) is 9.92. The SMILES string of the molecule is COc1ccn(-c2ccccn2)c1. The lowest BCUT2D eigenvalue weighted by Gasteiger charge is -1.99. The topological polar surface area (TPSA) is 27.1 Å². The Labute approximate surface area is 76.6 Å². The van der Waals surface area contributed by atoms with Gasteiger partial charge in [0.15, 0.2) is 0 Å². The quantitative estimate of drug-likeness (QED) is 0.695. The largest absolute Gasteiger partial charge is 0.495 e. The molecule has 0 spiro atoms. The highest BCUT2D eigenvalue weighted by Crippen LogP contribution is 2.13. The van der Waals surface area contributed by atoms with Crippen molar-refractivity contribution >= 4 is 0 Å². The minimum Gasteiger partial charge on any atom is -0.495 e. The van der Waals surface area contributed by atoms with Crippen molar-refractivity contribution in [3.05, 3.63) is 42.9 Å². The Morgan fingerprint density at radius 1 is 1.31 bits per heavy atom. The number of nitrogens with zero attached hydrogens (tertiary/aromatic N) is 2. The second-order valence-electron chi connectivity index (χ2n) is 2.65. The van der Waals surface area contributed by atoms with Crippen LogP contribution in [-0.2, 0) is 0 Å². The van der Waals surface area contributed by atoms with Crippen molar-refractivity contribution in [3.8, 4) is 11.6 Å². The van der Waals surface area contributed by atoms with Crippen LogP contribution in [0.2, 0.25) is 0 Å². The van der Waals surface area contributed by atoms with Crippen molar-refractivity contribution in [2.45, 2.75) is 0 Å². The van der Waals surface area contributed by atoms with Gasteiger partial charge in [-0.3, -0.25) is 0 Å². The first-order valence-electron chi connectivity index (χ1n) is 4.03. The van der Waals surface area contributed by atoms with Gasteiger partial charge in [0.1, 0.15) is 11.6 Å². The maximum Gasteiger partial charge on any atom is 0.136 e. The van der Waals surface area contributed by atoms with Gasteiger partial charge in [0.05, 0.1) is 13.3 Å². The predicted octanol–water partition coefficient (Wildman–Crippen LogP) is 1.88. The fourth-order valence-electron chi connectivity index (χ4n) is 1.15. The first-order chi connectivity index (χ1) is 6.40. The summed E-state index contributed by atoms with van der Waals surface area (Å²) in [5.74, 6) is 1.73. The number of hydrogen-bond acceptors (Lipinski definition) is 2. The Morgan fingerprint density at radius 2 is 2.23 bits per heavy atom. The molecule has 3 heteroatoms. The van der Waals surface area contributed by atoms with Gasteiger partial charge in [-0.1, -0.05) is 6.07 Å². The van der Waals surface area contributed by atoms with Crippen LogP contribution in [-0.4, -0.2) is 16.7 Å². The van der Waals surface area contributed by atoms with Crippen LogP contribution in [0.25, 0.3) is 5.82 Å². The van der Waals surface area contributed by atoms with E-state index in [0.29, 0.717) is 0 Å². The van der Waals surface area contributed by atoms with Crippen LogP contribution < -0.4 is 4.74 Å². The summed E-state index contributed by atoms with van der Waals surface area (Å²) in [4.78, 5) is 4.20. The molecule has 0 bridgehead atoms. The molecule has 0 amide bonds. The lowest BCUT2D eigenvalue weighted by molar-refractivity contribution is 0.415. The number of pyridine rings is 1. The Kier molecular flexibility index (Phi) is 2.00. The van der Waals surface area contributed by atoms with Crippen LogP contribution in [0.3, 0.4) is 0 Å². The molecule has 0 N–H and O–H groups in total. The highest BCUT2D eigenvalue weighted by atomic mass is 16.5. The second-order valence-corrected chi connectivity index (χ2v) is 2.65. The molecule has 13 heavy (non-hydrogen) atoms. The molecule has 0 radical (unpaired) electrons. The molecule has 0 unspecified atom stereocenters. The number of methoxy groups -OCH3 is 1. The van der Waals surface area contributed by atoms with E-state index in [2.05, 4.69) is 4.98 Å². The summed E-state index contributed by atoms with van der Waals surface area (Å²) >= 11 is 0. The summed E-state index contributed by atoms with van der Waals surface area (Å²) in [5.41, 5.74) is 0. The lowest BCUT2D eigenvalue weighted by atomic mass is 10.5. The zero-order valence-electron chi connectivity index (χ0n) is 7.34. The van der Waals surface area contributed by atoms with E-state index in [9.17, 15) is 0 Å². The molecule has 2 aromatic rings. The first kappa shape index (κ1) is 7.86. The van der Waals surface area contributed by atoms with E-state index in [1.54, 1.807) is 13.3 Å². The first-order valence-corrected chi connectivity index (χ1v) is 4.03. The summed E-state index contributed by atoms with van der Waals surface area (Å²) < 4.78 is 6.98. The minimum absolute atomic E-state index is 0.839. The summed E-state index contributed by atoms with van der Waals surface area (Å²) in [7, 11) is 1.65. The highest BCUT2D eigenvalue weighted by Gasteiger charge is 1.97. The van der Waals surface area contributed by atoms with Gasteiger partial charge in [-0.25, -0.2) is 4.98 Å². The zero-order valence-corrected chi connectivity index (χ0v) is 7.34. The lowest BCUT2D eigenvalue weighted by Crippen LogP contribution is -1.91. The van der Waals surface area contributed by atoms with Gasteiger partial charge in [-0.05, 0) is 18.2 Å². The van der Waals surface area contributed by atoms with Crippen molar-refractivity contribution in [2.24, 2.45) is 0 Å². The predicted molar refractivity (Wildman–Crippen MR) is 50.1 cm³/mol. The van der Waals surface area contributed by atoms with Gasteiger partial charge in [-0.2, -0.15) is 0 Å². The molecule has 0 fully saturated rings. The molecular formula is C10H10N2O. The van der Waals surface area contributed by atoms with Crippen LogP contribution in [0, 0.1) is 0 Å². The number of ether oxygens (including phenoxy) is 1. The van der Waals surface area contributed by atoms with Crippen molar-refractivity contribution in [3.63, 3.8) is 0 Å². The van der Waals surface area contributed by atoms with E-state index in [4.69, 9.17) is 4.74 Å². The van der Waals surface area contributed by atoms with Crippen molar-refractivity contribution in [1.29, 1.82) is 0 Å². The van der Waals surface area contributed by atoms with Crippen LogP contribution in [0.15, 0.2) is 42.9 Å². The van der Waals surface area contributed by atoms with Crippen LogP contribution in [0.5, 0.6) is 5.75 Å². The molecule has 2 aromatic heterocycles. The van der Waals surface area contributed by atoms with E-state index in [1.165, 1.54) is 0 Å². The molecule has 0 aliphatic rings. The molecule has 2 rings (SSSR count). The summed E-state index contributed by atoms with van der Waals surface area (Å²) in [5, 5.41) is 0. The fraction of sp³-hybridized carbons (Fsp3) is 0.100.